The van der Waals surface area contributed by atoms with E-state index in [9.17, 15) is 4.39 Å². The molecule has 0 aliphatic carbocycles. The average molecular weight is 269 g/mol. The van der Waals surface area contributed by atoms with Gasteiger partial charge >= 0.3 is 0 Å². The van der Waals surface area contributed by atoms with Gasteiger partial charge in [-0.3, -0.25) is 0 Å². The highest BCUT2D eigenvalue weighted by Gasteiger charge is 2.15. The Morgan fingerprint density at radius 1 is 1.44 bits per heavy atom. The Morgan fingerprint density at radius 2 is 2.11 bits per heavy atom. The summed E-state index contributed by atoms with van der Waals surface area (Å²) in [5.41, 5.74) is 0.965. The Morgan fingerprint density at radius 3 is 2.72 bits per heavy atom. The third kappa shape index (κ3) is 4.29. The fourth-order valence-electron chi connectivity index (χ4n) is 1.54. The third-order valence-electron chi connectivity index (χ3n) is 2.77. The number of aryl methyl sites for hydroxylation is 1. The molecule has 0 amide bonds. The lowest BCUT2D eigenvalue weighted by Gasteiger charge is -2.16. The Balaban J connectivity index is 2.50. The molecule has 98 valence electrons. The quantitative estimate of drug-likeness (QED) is 0.830. The molecule has 18 heavy (non-hydrogen) atoms. The Kier molecular flexibility index (Phi) is 5.13. The zero-order valence-corrected chi connectivity index (χ0v) is 11.7. The van der Waals surface area contributed by atoms with Crippen LogP contribution in [-0.2, 0) is 6.42 Å². The fourth-order valence-corrected chi connectivity index (χ4v) is 1.86. The summed E-state index contributed by atoms with van der Waals surface area (Å²) in [6, 6.07) is 5.34. The molecule has 2 nitrogen and oxygen atoms in total. The van der Waals surface area contributed by atoms with Gasteiger partial charge in [0.1, 0.15) is 5.82 Å². The van der Waals surface area contributed by atoms with E-state index in [0.29, 0.717) is 30.1 Å². The number of benzene rings is 1. The van der Waals surface area contributed by atoms with Crippen LogP contribution in [0.1, 0.15) is 25.0 Å². The lowest BCUT2D eigenvalue weighted by Crippen LogP contribution is -2.29. The van der Waals surface area contributed by atoms with Crippen molar-refractivity contribution in [3.8, 4) is 6.07 Å². The highest BCUT2D eigenvalue weighted by atomic mass is 35.5. The van der Waals surface area contributed by atoms with Gasteiger partial charge in [-0.15, -0.1) is 0 Å². The SMILES string of the molecule is Cc1cc(Cl)c(CCNCC(C)(C)C#N)cc1F. The van der Waals surface area contributed by atoms with Gasteiger partial charge in [0.15, 0.2) is 0 Å². The van der Waals surface area contributed by atoms with E-state index in [-0.39, 0.29) is 11.2 Å². The van der Waals surface area contributed by atoms with Crippen LogP contribution in [0.2, 0.25) is 5.02 Å². The van der Waals surface area contributed by atoms with Crippen molar-refractivity contribution in [3.05, 3.63) is 34.1 Å². The van der Waals surface area contributed by atoms with Crippen molar-refractivity contribution in [1.29, 1.82) is 5.26 Å². The number of nitriles is 1. The first-order chi connectivity index (χ1) is 8.35. The molecule has 1 aromatic rings. The first-order valence-corrected chi connectivity index (χ1v) is 6.30. The maximum atomic E-state index is 13.4. The van der Waals surface area contributed by atoms with Gasteiger partial charge in [0.05, 0.1) is 11.5 Å². The second-order valence-electron chi connectivity index (χ2n) is 5.12. The average Bonchev–Trinajstić information content (AvgIpc) is 2.31. The minimum atomic E-state index is -0.387. The van der Waals surface area contributed by atoms with E-state index in [0.717, 1.165) is 5.56 Å². The summed E-state index contributed by atoms with van der Waals surface area (Å²) in [7, 11) is 0. The molecule has 0 unspecified atom stereocenters. The normalized spacial score (nSPS) is 11.3. The Labute approximate surface area is 113 Å². The van der Waals surface area contributed by atoms with Gasteiger partial charge in [-0.25, -0.2) is 4.39 Å². The molecule has 0 spiro atoms. The van der Waals surface area contributed by atoms with Crippen LogP contribution in [0.25, 0.3) is 0 Å². The molecule has 0 radical (unpaired) electrons. The lowest BCUT2D eigenvalue weighted by atomic mass is 9.96. The molecule has 0 atom stereocenters. The van der Waals surface area contributed by atoms with Gasteiger partial charge in [-0.2, -0.15) is 5.26 Å². The number of rotatable bonds is 5. The zero-order chi connectivity index (χ0) is 13.8. The molecular weight excluding hydrogens is 251 g/mol. The van der Waals surface area contributed by atoms with Gasteiger partial charge in [-0.05, 0) is 57.0 Å². The van der Waals surface area contributed by atoms with Crippen molar-refractivity contribution in [2.75, 3.05) is 13.1 Å². The molecule has 0 saturated heterocycles. The number of nitrogens with one attached hydrogen (secondary N) is 1. The first-order valence-electron chi connectivity index (χ1n) is 5.92. The van der Waals surface area contributed by atoms with Crippen LogP contribution in [0, 0.1) is 29.5 Å². The molecule has 1 N–H and O–H groups in total. The van der Waals surface area contributed by atoms with Crippen LogP contribution in [-0.4, -0.2) is 13.1 Å². The van der Waals surface area contributed by atoms with Crippen LogP contribution >= 0.6 is 11.6 Å². The van der Waals surface area contributed by atoms with E-state index in [1.165, 1.54) is 6.07 Å². The van der Waals surface area contributed by atoms with Crippen molar-refractivity contribution in [3.63, 3.8) is 0 Å². The molecule has 0 bridgehead atoms. The lowest BCUT2D eigenvalue weighted by molar-refractivity contribution is 0.447. The maximum Gasteiger partial charge on any atom is 0.126 e. The number of hydrogen-bond donors (Lipinski definition) is 1. The van der Waals surface area contributed by atoms with Gasteiger partial charge in [-0.1, -0.05) is 11.6 Å². The van der Waals surface area contributed by atoms with E-state index >= 15 is 0 Å². The summed E-state index contributed by atoms with van der Waals surface area (Å²) in [5, 5.41) is 12.6. The fraction of sp³-hybridized carbons (Fsp3) is 0.500. The van der Waals surface area contributed by atoms with Gasteiger partial charge < -0.3 is 5.32 Å². The zero-order valence-electron chi connectivity index (χ0n) is 11.0. The van der Waals surface area contributed by atoms with E-state index < -0.39 is 0 Å². The second kappa shape index (κ2) is 6.17. The molecule has 0 aliphatic rings. The van der Waals surface area contributed by atoms with Crippen LogP contribution in [0.3, 0.4) is 0 Å². The van der Waals surface area contributed by atoms with Gasteiger partial charge in [0, 0.05) is 11.6 Å². The summed E-state index contributed by atoms with van der Waals surface area (Å²) < 4.78 is 13.4. The van der Waals surface area contributed by atoms with Crippen molar-refractivity contribution >= 4 is 11.6 Å². The molecule has 0 heterocycles. The number of hydrogen-bond acceptors (Lipinski definition) is 2. The number of nitrogens with zero attached hydrogens (tertiary/aromatic N) is 1. The molecule has 0 saturated carbocycles. The third-order valence-corrected chi connectivity index (χ3v) is 3.12. The molecule has 0 fully saturated rings. The minimum absolute atomic E-state index is 0.230. The summed E-state index contributed by atoms with van der Waals surface area (Å²) in [6.07, 6.45) is 0.650. The minimum Gasteiger partial charge on any atom is -0.315 e. The molecule has 0 aromatic heterocycles. The van der Waals surface area contributed by atoms with Crippen molar-refractivity contribution < 1.29 is 4.39 Å². The Bertz CT molecular complexity index is 464. The van der Waals surface area contributed by atoms with Gasteiger partial charge in [0.2, 0.25) is 0 Å². The van der Waals surface area contributed by atoms with E-state index in [4.69, 9.17) is 16.9 Å². The van der Waals surface area contributed by atoms with Crippen molar-refractivity contribution in [2.45, 2.75) is 27.2 Å². The molecule has 1 rings (SSSR count). The summed E-state index contributed by atoms with van der Waals surface area (Å²) >= 11 is 6.05. The smallest absolute Gasteiger partial charge is 0.126 e. The van der Waals surface area contributed by atoms with Crippen LogP contribution in [0.5, 0.6) is 0 Å². The van der Waals surface area contributed by atoms with Crippen LogP contribution < -0.4 is 5.32 Å². The Hall–Kier alpha value is -1.11. The molecular formula is C14H18ClFN2. The van der Waals surface area contributed by atoms with Crippen LogP contribution in [0.4, 0.5) is 4.39 Å². The summed E-state index contributed by atoms with van der Waals surface area (Å²) in [6.45, 7) is 6.72. The molecule has 1 aromatic carbocycles. The van der Waals surface area contributed by atoms with Crippen LogP contribution in [0.15, 0.2) is 12.1 Å². The van der Waals surface area contributed by atoms with E-state index in [2.05, 4.69) is 11.4 Å². The van der Waals surface area contributed by atoms with Crippen molar-refractivity contribution in [2.24, 2.45) is 5.41 Å². The monoisotopic (exact) mass is 268 g/mol. The standard InChI is InChI=1S/C14H18ClFN2/c1-10-6-12(15)11(7-13(10)16)4-5-18-9-14(2,3)8-17/h6-7,18H,4-5,9H2,1-3H3. The summed E-state index contributed by atoms with van der Waals surface area (Å²) in [5.74, 6) is -0.230. The highest BCUT2D eigenvalue weighted by molar-refractivity contribution is 6.31. The maximum absolute atomic E-state index is 13.4. The van der Waals surface area contributed by atoms with Gasteiger partial charge in [0.25, 0.3) is 0 Å². The predicted molar refractivity (Wildman–Crippen MR) is 72.1 cm³/mol. The highest BCUT2D eigenvalue weighted by Crippen LogP contribution is 2.20. The van der Waals surface area contributed by atoms with Crippen molar-refractivity contribution in [1.82, 2.24) is 5.32 Å². The topological polar surface area (TPSA) is 35.8 Å². The second-order valence-corrected chi connectivity index (χ2v) is 5.52. The number of halogens is 2. The molecule has 0 aliphatic heterocycles. The molecule has 4 heteroatoms. The predicted octanol–water partition coefficient (Wildman–Crippen LogP) is 3.47. The largest absolute Gasteiger partial charge is 0.315 e. The summed E-state index contributed by atoms with van der Waals surface area (Å²) in [4.78, 5) is 0. The van der Waals surface area contributed by atoms with E-state index in [1.807, 2.05) is 13.8 Å². The first kappa shape index (κ1) is 14.9. The van der Waals surface area contributed by atoms with E-state index in [1.54, 1.807) is 13.0 Å².